The van der Waals surface area contributed by atoms with Crippen LogP contribution >= 0.6 is 11.3 Å². The van der Waals surface area contributed by atoms with Crippen LogP contribution in [0, 0.1) is 13.8 Å². The second kappa shape index (κ2) is 5.72. The third-order valence-electron chi connectivity index (χ3n) is 3.47. The van der Waals surface area contributed by atoms with E-state index in [1.807, 2.05) is 14.1 Å². The Kier molecular flexibility index (Phi) is 4.22. The standard InChI is InChI=1S/C15H21N3S/c1-9-6-7-12(8-10(9)2)13-14(11(3)16-4)19-15(17-5)18-13/h6-8,11,16H,1-5H3,(H,17,18). The first-order chi connectivity index (χ1) is 9.06. The number of aromatic nitrogens is 1. The molecule has 2 rings (SSSR count). The van der Waals surface area contributed by atoms with Gasteiger partial charge in [0.05, 0.1) is 10.6 Å². The van der Waals surface area contributed by atoms with Crippen molar-refractivity contribution in [3.63, 3.8) is 0 Å². The summed E-state index contributed by atoms with van der Waals surface area (Å²) >= 11 is 1.71. The molecule has 2 aromatic rings. The van der Waals surface area contributed by atoms with Gasteiger partial charge in [0, 0.05) is 18.7 Å². The van der Waals surface area contributed by atoms with Gasteiger partial charge in [0.25, 0.3) is 0 Å². The topological polar surface area (TPSA) is 37.0 Å². The number of nitrogens with zero attached hydrogens (tertiary/aromatic N) is 1. The summed E-state index contributed by atoms with van der Waals surface area (Å²) < 4.78 is 0. The minimum Gasteiger partial charge on any atom is -0.365 e. The fourth-order valence-corrected chi connectivity index (χ4v) is 2.96. The van der Waals surface area contributed by atoms with Crippen molar-refractivity contribution in [2.75, 3.05) is 19.4 Å². The molecule has 0 fully saturated rings. The number of anilines is 1. The quantitative estimate of drug-likeness (QED) is 0.892. The van der Waals surface area contributed by atoms with E-state index in [2.05, 4.69) is 49.6 Å². The molecule has 0 aliphatic heterocycles. The molecular weight excluding hydrogens is 254 g/mol. The summed E-state index contributed by atoms with van der Waals surface area (Å²) in [5.74, 6) is 0. The van der Waals surface area contributed by atoms with Gasteiger partial charge in [-0.15, -0.1) is 0 Å². The van der Waals surface area contributed by atoms with E-state index in [-0.39, 0.29) is 0 Å². The summed E-state index contributed by atoms with van der Waals surface area (Å²) in [6.07, 6.45) is 0. The average Bonchev–Trinajstić information content (AvgIpc) is 2.85. The zero-order chi connectivity index (χ0) is 14.0. The molecule has 19 heavy (non-hydrogen) atoms. The molecular formula is C15H21N3S. The Morgan fingerprint density at radius 2 is 1.89 bits per heavy atom. The summed E-state index contributed by atoms with van der Waals surface area (Å²) in [5, 5.41) is 7.40. The molecule has 3 nitrogen and oxygen atoms in total. The molecule has 1 heterocycles. The minimum atomic E-state index is 0.302. The van der Waals surface area contributed by atoms with Crippen LogP contribution in [0.1, 0.15) is 29.0 Å². The molecule has 1 unspecified atom stereocenters. The van der Waals surface area contributed by atoms with Gasteiger partial charge in [0.2, 0.25) is 0 Å². The maximum absolute atomic E-state index is 4.71. The lowest BCUT2D eigenvalue weighted by Gasteiger charge is -2.10. The summed E-state index contributed by atoms with van der Waals surface area (Å²) in [6.45, 7) is 6.44. The van der Waals surface area contributed by atoms with Gasteiger partial charge in [-0.1, -0.05) is 23.5 Å². The Morgan fingerprint density at radius 1 is 1.16 bits per heavy atom. The normalized spacial score (nSPS) is 12.5. The number of aryl methyl sites for hydroxylation is 2. The first kappa shape index (κ1) is 14.0. The molecule has 0 spiro atoms. The van der Waals surface area contributed by atoms with Gasteiger partial charge in [-0.05, 0) is 45.0 Å². The number of benzene rings is 1. The van der Waals surface area contributed by atoms with Gasteiger partial charge in [-0.3, -0.25) is 0 Å². The van der Waals surface area contributed by atoms with E-state index in [1.54, 1.807) is 11.3 Å². The highest BCUT2D eigenvalue weighted by Crippen LogP contribution is 2.35. The Hall–Kier alpha value is -1.39. The Labute approximate surface area is 119 Å². The summed E-state index contributed by atoms with van der Waals surface area (Å²) in [5.41, 5.74) is 4.90. The molecule has 1 aromatic carbocycles. The first-order valence-electron chi connectivity index (χ1n) is 6.50. The second-order valence-electron chi connectivity index (χ2n) is 4.79. The maximum atomic E-state index is 4.71. The van der Waals surface area contributed by atoms with Crippen molar-refractivity contribution in [2.24, 2.45) is 0 Å². The Bertz CT molecular complexity index is 575. The lowest BCUT2D eigenvalue weighted by atomic mass is 10.0. The van der Waals surface area contributed by atoms with E-state index in [0.717, 1.165) is 10.8 Å². The van der Waals surface area contributed by atoms with E-state index >= 15 is 0 Å². The van der Waals surface area contributed by atoms with Crippen LogP contribution in [0.5, 0.6) is 0 Å². The Morgan fingerprint density at radius 3 is 2.47 bits per heavy atom. The summed E-state index contributed by atoms with van der Waals surface area (Å²) in [6, 6.07) is 6.84. The average molecular weight is 275 g/mol. The van der Waals surface area contributed by atoms with Gasteiger partial charge >= 0.3 is 0 Å². The lowest BCUT2D eigenvalue weighted by molar-refractivity contribution is 0.664. The van der Waals surface area contributed by atoms with E-state index in [9.17, 15) is 0 Å². The van der Waals surface area contributed by atoms with E-state index in [1.165, 1.54) is 21.6 Å². The molecule has 0 saturated carbocycles. The van der Waals surface area contributed by atoms with Gasteiger partial charge in [0.15, 0.2) is 5.13 Å². The van der Waals surface area contributed by atoms with Gasteiger partial charge < -0.3 is 10.6 Å². The summed E-state index contributed by atoms with van der Waals surface area (Å²) in [4.78, 5) is 5.98. The van der Waals surface area contributed by atoms with Gasteiger partial charge in [0.1, 0.15) is 0 Å². The maximum Gasteiger partial charge on any atom is 0.183 e. The first-order valence-corrected chi connectivity index (χ1v) is 7.31. The minimum absolute atomic E-state index is 0.302. The molecule has 0 amide bonds. The molecule has 4 heteroatoms. The lowest BCUT2D eigenvalue weighted by Crippen LogP contribution is -2.11. The van der Waals surface area contributed by atoms with Crippen LogP contribution in [0.4, 0.5) is 5.13 Å². The van der Waals surface area contributed by atoms with Crippen molar-refractivity contribution in [3.8, 4) is 11.3 Å². The molecule has 0 aliphatic carbocycles. The van der Waals surface area contributed by atoms with Crippen LogP contribution < -0.4 is 10.6 Å². The van der Waals surface area contributed by atoms with E-state index in [4.69, 9.17) is 4.98 Å². The molecule has 0 radical (unpaired) electrons. The molecule has 0 saturated heterocycles. The van der Waals surface area contributed by atoms with Crippen LogP contribution in [0.2, 0.25) is 0 Å². The zero-order valence-electron chi connectivity index (χ0n) is 12.2. The highest BCUT2D eigenvalue weighted by Gasteiger charge is 2.17. The van der Waals surface area contributed by atoms with Crippen LogP contribution in [0.25, 0.3) is 11.3 Å². The summed E-state index contributed by atoms with van der Waals surface area (Å²) in [7, 11) is 3.89. The third kappa shape index (κ3) is 2.80. The van der Waals surface area contributed by atoms with Crippen LogP contribution in [0.15, 0.2) is 18.2 Å². The van der Waals surface area contributed by atoms with Crippen molar-refractivity contribution >= 4 is 16.5 Å². The predicted molar refractivity (Wildman–Crippen MR) is 84.0 cm³/mol. The number of rotatable bonds is 4. The van der Waals surface area contributed by atoms with Crippen molar-refractivity contribution in [2.45, 2.75) is 26.8 Å². The van der Waals surface area contributed by atoms with Gasteiger partial charge in [-0.2, -0.15) is 0 Å². The molecule has 0 bridgehead atoms. The van der Waals surface area contributed by atoms with Crippen LogP contribution in [0.3, 0.4) is 0 Å². The van der Waals surface area contributed by atoms with Crippen LogP contribution in [-0.4, -0.2) is 19.1 Å². The molecule has 102 valence electrons. The number of hydrogen-bond donors (Lipinski definition) is 2. The van der Waals surface area contributed by atoms with E-state index < -0.39 is 0 Å². The van der Waals surface area contributed by atoms with Crippen molar-refractivity contribution in [3.05, 3.63) is 34.2 Å². The number of nitrogens with one attached hydrogen (secondary N) is 2. The Balaban J connectivity index is 2.53. The van der Waals surface area contributed by atoms with Crippen LogP contribution in [-0.2, 0) is 0 Å². The fraction of sp³-hybridized carbons (Fsp3) is 0.400. The zero-order valence-corrected chi connectivity index (χ0v) is 13.0. The molecule has 0 aliphatic rings. The molecule has 1 atom stereocenters. The smallest absolute Gasteiger partial charge is 0.183 e. The van der Waals surface area contributed by atoms with E-state index in [0.29, 0.717) is 6.04 Å². The highest BCUT2D eigenvalue weighted by molar-refractivity contribution is 7.16. The predicted octanol–water partition coefficient (Wildman–Crippen LogP) is 3.75. The number of hydrogen-bond acceptors (Lipinski definition) is 4. The number of thiazole rings is 1. The second-order valence-corrected chi connectivity index (χ2v) is 5.82. The third-order valence-corrected chi connectivity index (χ3v) is 4.73. The van der Waals surface area contributed by atoms with Gasteiger partial charge in [-0.25, -0.2) is 4.98 Å². The SMILES string of the molecule is CNc1nc(-c2ccc(C)c(C)c2)c(C(C)NC)s1. The van der Waals surface area contributed by atoms with Crippen molar-refractivity contribution in [1.82, 2.24) is 10.3 Å². The van der Waals surface area contributed by atoms with Crippen molar-refractivity contribution in [1.29, 1.82) is 0 Å². The largest absolute Gasteiger partial charge is 0.365 e. The fourth-order valence-electron chi connectivity index (χ4n) is 1.96. The monoisotopic (exact) mass is 275 g/mol. The molecule has 1 aromatic heterocycles. The van der Waals surface area contributed by atoms with Crippen molar-refractivity contribution < 1.29 is 0 Å². The highest BCUT2D eigenvalue weighted by atomic mass is 32.1. The molecule has 2 N–H and O–H groups in total.